The van der Waals surface area contributed by atoms with E-state index in [-0.39, 0.29) is 0 Å². The van der Waals surface area contributed by atoms with Gasteiger partial charge in [-0.1, -0.05) is 6.07 Å². The monoisotopic (exact) mass is 286 g/mol. The minimum absolute atomic E-state index is 0.753. The fraction of sp³-hybridized carbons (Fsp3) is 0.294. The van der Waals surface area contributed by atoms with E-state index in [1.165, 1.54) is 5.56 Å². The summed E-state index contributed by atoms with van der Waals surface area (Å²) < 4.78 is 10.5. The Morgan fingerprint density at radius 2 is 1.76 bits per heavy atom. The SMILES string of the molecule is COc1ccc(CCNc2ccc(N)c(C)c2)cc1OC. The molecule has 2 rings (SSSR count). The second kappa shape index (κ2) is 6.88. The molecule has 0 atom stereocenters. The molecule has 4 nitrogen and oxygen atoms in total. The highest BCUT2D eigenvalue weighted by molar-refractivity contribution is 5.56. The van der Waals surface area contributed by atoms with Crippen molar-refractivity contribution in [3.8, 4) is 11.5 Å². The van der Waals surface area contributed by atoms with Gasteiger partial charge in [-0.05, 0) is 54.8 Å². The van der Waals surface area contributed by atoms with E-state index in [2.05, 4.69) is 17.4 Å². The molecule has 0 spiro atoms. The molecule has 0 aliphatic carbocycles. The van der Waals surface area contributed by atoms with Crippen LogP contribution in [0, 0.1) is 6.92 Å². The van der Waals surface area contributed by atoms with Gasteiger partial charge in [0.1, 0.15) is 0 Å². The molecular formula is C17H22N2O2. The van der Waals surface area contributed by atoms with E-state index in [0.29, 0.717) is 0 Å². The second-order valence-electron chi connectivity index (χ2n) is 4.94. The van der Waals surface area contributed by atoms with Crippen LogP contribution in [0.3, 0.4) is 0 Å². The van der Waals surface area contributed by atoms with Crippen LogP contribution in [0.15, 0.2) is 36.4 Å². The summed E-state index contributed by atoms with van der Waals surface area (Å²) in [7, 11) is 3.29. The molecule has 112 valence electrons. The zero-order valence-electron chi connectivity index (χ0n) is 12.8. The smallest absolute Gasteiger partial charge is 0.160 e. The third-order valence-corrected chi connectivity index (χ3v) is 3.46. The highest BCUT2D eigenvalue weighted by Crippen LogP contribution is 2.27. The number of rotatable bonds is 6. The molecule has 0 aliphatic rings. The Hall–Kier alpha value is -2.36. The van der Waals surface area contributed by atoms with Gasteiger partial charge in [0.25, 0.3) is 0 Å². The Morgan fingerprint density at radius 3 is 2.43 bits per heavy atom. The molecule has 0 saturated heterocycles. The lowest BCUT2D eigenvalue weighted by Gasteiger charge is -2.11. The van der Waals surface area contributed by atoms with Crippen molar-refractivity contribution in [1.29, 1.82) is 0 Å². The average molecular weight is 286 g/mol. The maximum Gasteiger partial charge on any atom is 0.160 e. The minimum atomic E-state index is 0.753. The number of ether oxygens (including phenoxy) is 2. The normalized spacial score (nSPS) is 10.2. The Kier molecular flexibility index (Phi) is 4.93. The Morgan fingerprint density at radius 1 is 1.00 bits per heavy atom. The van der Waals surface area contributed by atoms with Gasteiger partial charge in [-0.25, -0.2) is 0 Å². The van der Waals surface area contributed by atoms with Crippen molar-refractivity contribution in [3.05, 3.63) is 47.5 Å². The van der Waals surface area contributed by atoms with Gasteiger partial charge in [-0.15, -0.1) is 0 Å². The van der Waals surface area contributed by atoms with Gasteiger partial charge in [0.15, 0.2) is 11.5 Å². The highest BCUT2D eigenvalue weighted by atomic mass is 16.5. The number of nitrogens with one attached hydrogen (secondary N) is 1. The van der Waals surface area contributed by atoms with E-state index >= 15 is 0 Å². The van der Waals surface area contributed by atoms with Crippen LogP contribution in [-0.4, -0.2) is 20.8 Å². The van der Waals surface area contributed by atoms with Crippen molar-refractivity contribution in [1.82, 2.24) is 0 Å². The fourth-order valence-electron chi connectivity index (χ4n) is 2.17. The lowest BCUT2D eigenvalue weighted by atomic mass is 10.1. The van der Waals surface area contributed by atoms with E-state index < -0.39 is 0 Å². The number of nitrogen functional groups attached to an aromatic ring is 1. The third kappa shape index (κ3) is 3.81. The maximum absolute atomic E-state index is 5.81. The second-order valence-corrected chi connectivity index (χ2v) is 4.94. The molecule has 21 heavy (non-hydrogen) atoms. The van der Waals surface area contributed by atoms with Crippen LogP contribution in [0.4, 0.5) is 11.4 Å². The molecule has 0 fully saturated rings. The predicted molar refractivity (Wildman–Crippen MR) is 87.3 cm³/mol. The first-order chi connectivity index (χ1) is 10.1. The molecule has 0 heterocycles. The van der Waals surface area contributed by atoms with E-state index in [1.54, 1.807) is 14.2 Å². The summed E-state index contributed by atoms with van der Waals surface area (Å²) >= 11 is 0. The van der Waals surface area contributed by atoms with Gasteiger partial charge in [-0.2, -0.15) is 0 Å². The van der Waals surface area contributed by atoms with E-state index in [1.807, 2.05) is 31.2 Å². The number of hydrogen-bond donors (Lipinski definition) is 2. The van der Waals surface area contributed by atoms with Gasteiger partial charge in [0, 0.05) is 17.9 Å². The third-order valence-electron chi connectivity index (χ3n) is 3.46. The van der Waals surface area contributed by atoms with Crippen LogP contribution in [0.2, 0.25) is 0 Å². The van der Waals surface area contributed by atoms with Crippen molar-refractivity contribution in [2.24, 2.45) is 0 Å². The zero-order valence-corrected chi connectivity index (χ0v) is 12.8. The Labute approximate surface area is 125 Å². The largest absolute Gasteiger partial charge is 0.493 e. The Bertz CT molecular complexity index is 612. The lowest BCUT2D eigenvalue weighted by Crippen LogP contribution is -2.05. The molecule has 0 aliphatic heterocycles. The van der Waals surface area contributed by atoms with Gasteiger partial charge >= 0.3 is 0 Å². The maximum atomic E-state index is 5.81. The number of nitrogens with two attached hydrogens (primary N) is 1. The van der Waals surface area contributed by atoms with Crippen molar-refractivity contribution < 1.29 is 9.47 Å². The van der Waals surface area contributed by atoms with Crippen molar-refractivity contribution in [2.45, 2.75) is 13.3 Å². The molecule has 4 heteroatoms. The van der Waals surface area contributed by atoms with Crippen LogP contribution in [-0.2, 0) is 6.42 Å². The minimum Gasteiger partial charge on any atom is -0.493 e. The standard InChI is InChI=1S/C17H22N2O2/c1-12-10-14(5-6-15(12)18)19-9-8-13-4-7-16(20-2)17(11-13)21-3/h4-7,10-11,19H,8-9,18H2,1-3H3. The summed E-state index contributed by atoms with van der Waals surface area (Å²) in [6, 6.07) is 12.0. The topological polar surface area (TPSA) is 56.5 Å². The summed E-state index contributed by atoms with van der Waals surface area (Å²) in [6.45, 7) is 2.85. The van der Waals surface area contributed by atoms with Gasteiger partial charge in [-0.3, -0.25) is 0 Å². The first-order valence-electron chi connectivity index (χ1n) is 6.95. The van der Waals surface area contributed by atoms with Crippen LogP contribution in [0.5, 0.6) is 11.5 Å². The zero-order chi connectivity index (χ0) is 15.2. The molecule has 0 amide bonds. The lowest BCUT2D eigenvalue weighted by molar-refractivity contribution is 0.354. The molecule has 3 N–H and O–H groups in total. The van der Waals surface area contributed by atoms with Gasteiger partial charge in [0.05, 0.1) is 14.2 Å². The molecule has 0 aromatic heterocycles. The molecule has 0 unspecified atom stereocenters. The van der Waals surface area contributed by atoms with E-state index in [4.69, 9.17) is 15.2 Å². The number of aryl methyl sites for hydroxylation is 1. The Balaban J connectivity index is 1.95. The number of hydrogen-bond acceptors (Lipinski definition) is 4. The number of methoxy groups -OCH3 is 2. The van der Waals surface area contributed by atoms with Crippen LogP contribution in [0.25, 0.3) is 0 Å². The van der Waals surface area contributed by atoms with Crippen LogP contribution >= 0.6 is 0 Å². The summed E-state index contributed by atoms with van der Waals surface area (Å²) in [4.78, 5) is 0. The molecule has 2 aromatic carbocycles. The van der Waals surface area contributed by atoms with Crippen molar-refractivity contribution >= 4 is 11.4 Å². The molecule has 2 aromatic rings. The van der Waals surface area contributed by atoms with E-state index in [0.717, 1.165) is 41.4 Å². The molecule has 0 bridgehead atoms. The quantitative estimate of drug-likeness (QED) is 0.800. The predicted octanol–water partition coefficient (Wildman–Crippen LogP) is 3.25. The molecule has 0 radical (unpaired) electrons. The average Bonchev–Trinajstić information content (AvgIpc) is 2.50. The number of benzene rings is 2. The summed E-state index contributed by atoms with van der Waals surface area (Å²) in [5, 5.41) is 3.40. The molecular weight excluding hydrogens is 264 g/mol. The van der Waals surface area contributed by atoms with E-state index in [9.17, 15) is 0 Å². The van der Waals surface area contributed by atoms with Crippen LogP contribution < -0.4 is 20.5 Å². The van der Waals surface area contributed by atoms with Crippen molar-refractivity contribution in [2.75, 3.05) is 31.8 Å². The summed E-state index contributed by atoms with van der Waals surface area (Å²) in [5.41, 5.74) is 10.0. The first-order valence-corrected chi connectivity index (χ1v) is 6.95. The summed E-state index contributed by atoms with van der Waals surface area (Å²) in [5.74, 6) is 1.52. The van der Waals surface area contributed by atoms with Crippen LogP contribution in [0.1, 0.15) is 11.1 Å². The molecule has 0 saturated carbocycles. The summed E-state index contributed by atoms with van der Waals surface area (Å²) in [6.07, 6.45) is 0.907. The number of anilines is 2. The fourth-order valence-corrected chi connectivity index (χ4v) is 2.17. The highest BCUT2D eigenvalue weighted by Gasteiger charge is 2.04. The van der Waals surface area contributed by atoms with Gasteiger partial charge < -0.3 is 20.5 Å². The first kappa shape index (κ1) is 15.0. The van der Waals surface area contributed by atoms with Crippen molar-refractivity contribution in [3.63, 3.8) is 0 Å². The van der Waals surface area contributed by atoms with Gasteiger partial charge in [0.2, 0.25) is 0 Å².